The largest absolute Gasteiger partial charge is 0.313 e. The van der Waals surface area contributed by atoms with E-state index in [1.807, 2.05) is 59.1 Å². The van der Waals surface area contributed by atoms with Gasteiger partial charge in [0.05, 0.1) is 5.69 Å². The number of pyridine rings is 1. The normalized spacial score (nSPS) is 10.7. The number of benzene rings is 1. The van der Waals surface area contributed by atoms with Crippen LogP contribution >= 0.6 is 0 Å². The molecule has 88 valence electrons. The van der Waals surface area contributed by atoms with Crippen molar-refractivity contribution in [3.05, 3.63) is 66.5 Å². The van der Waals surface area contributed by atoms with E-state index in [2.05, 4.69) is 6.07 Å². The van der Waals surface area contributed by atoms with Crippen molar-refractivity contribution in [3.63, 3.8) is 0 Å². The summed E-state index contributed by atoms with van der Waals surface area (Å²) in [6.45, 7) is 1.61. The monoisotopic (exact) mass is 235 g/mol. The molecule has 2 heteroatoms. The van der Waals surface area contributed by atoms with Crippen LogP contribution in [0.2, 0.25) is 0 Å². The van der Waals surface area contributed by atoms with Crippen LogP contribution in [0.25, 0.3) is 16.6 Å². The zero-order valence-corrected chi connectivity index (χ0v) is 10.1. The summed E-state index contributed by atoms with van der Waals surface area (Å²) in [5.41, 5.74) is 3.86. The first kappa shape index (κ1) is 10.8. The maximum absolute atomic E-state index is 11.9. The summed E-state index contributed by atoms with van der Waals surface area (Å²) in [7, 11) is 0. The SMILES string of the molecule is CC(=O)c1c(-c2ccccc2)cc2ccccn12. The van der Waals surface area contributed by atoms with E-state index in [4.69, 9.17) is 0 Å². The van der Waals surface area contributed by atoms with Gasteiger partial charge in [-0.1, -0.05) is 36.4 Å². The predicted octanol–water partition coefficient (Wildman–Crippen LogP) is 3.81. The third-order valence-corrected chi connectivity index (χ3v) is 3.10. The number of fused-ring (bicyclic) bond motifs is 1. The second-order valence-corrected chi connectivity index (χ2v) is 4.32. The minimum absolute atomic E-state index is 0.0834. The van der Waals surface area contributed by atoms with E-state index in [9.17, 15) is 4.79 Å². The molecular weight excluding hydrogens is 222 g/mol. The molecule has 0 amide bonds. The highest BCUT2D eigenvalue weighted by atomic mass is 16.1. The van der Waals surface area contributed by atoms with Crippen molar-refractivity contribution in [2.24, 2.45) is 0 Å². The van der Waals surface area contributed by atoms with Gasteiger partial charge in [0.15, 0.2) is 5.78 Å². The second-order valence-electron chi connectivity index (χ2n) is 4.32. The van der Waals surface area contributed by atoms with E-state index in [0.29, 0.717) is 0 Å². The number of Topliss-reactive ketones (excluding diaryl/α,β-unsaturated/α-hetero) is 1. The molecule has 3 rings (SSSR count). The molecule has 0 aliphatic heterocycles. The molecule has 2 aromatic heterocycles. The lowest BCUT2D eigenvalue weighted by atomic mass is 10.0. The number of hydrogen-bond donors (Lipinski definition) is 0. The van der Waals surface area contributed by atoms with Crippen molar-refractivity contribution >= 4 is 11.3 Å². The minimum Gasteiger partial charge on any atom is -0.313 e. The van der Waals surface area contributed by atoms with Gasteiger partial charge in [0.25, 0.3) is 0 Å². The first-order valence-corrected chi connectivity index (χ1v) is 5.94. The molecule has 0 spiro atoms. The Morgan fingerprint density at radius 2 is 1.72 bits per heavy atom. The third kappa shape index (κ3) is 1.63. The van der Waals surface area contributed by atoms with Crippen molar-refractivity contribution < 1.29 is 4.79 Å². The van der Waals surface area contributed by atoms with Gasteiger partial charge in [-0.3, -0.25) is 4.79 Å². The van der Waals surface area contributed by atoms with Gasteiger partial charge in [-0.05, 0) is 23.8 Å². The summed E-state index contributed by atoms with van der Waals surface area (Å²) in [5.74, 6) is 0.0834. The lowest BCUT2D eigenvalue weighted by molar-refractivity contribution is 0.101. The molecule has 0 saturated heterocycles. The molecule has 1 aromatic carbocycles. The van der Waals surface area contributed by atoms with Gasteiger partial charge in [-0.15, -0.1) is 0 Å². The van der Waals surface area contributed by atoms with Gasteiger partial charge in [-0.25, -0.2) is 0 Å². The highest BCUT2D eigenvalue weighted by Crippen LogP contribution is 2.27. The summed E-state index contributed by atoms with van der Waals surface area (Å²) < 4.78 is 1.95. The average molecular weight is 235 g/mol. The van der Waals surface area contributed by atoms with Crippen LogP contribution in [0.3, 0.4) is 0 Å². The Bertz CT molecular complexity index is 710. The first-order valence-electron chi connectivity index (χ1n) is 5.94. The Morgan fingerprint density at radius 3 is 2.44 bits per heavy atom. The van der Waals surface area contributed by atoms with E-state index >= 15 is 0 Å². The van der Waals surface area contributed by atoms with Gasteiger partial charge in [-0.2, -0.15) is 0 Å². The molecule has 2 heterocycles. The summed E-state index contributed by atoms with van der Waals surface area (Å²) in [6, 6.07) is 18.0. The lowest BCUT2D eigenvalue weighted by Gasteiger charge is -2.03. The number of ketones is 1. The van der Waals surface area contributed by atoms with E-state index in [1.54, 1.807) is 6.92 Å². The van der Waals surface area contributed by atoms with Gasteiger partial charge in [0.1, 0.15) is 0 Å². The molecule has 0 bridgehead atoms. The van der Waals surface area contributed by atoms with E-state index in [1.165, 1.54) is 0 Å². The van der Waals surface area contributed by atoms with Gasteiger partial charge >= 0.3 is 0 Å². The fourth-order valence-electron chi connectivity index (χ4n) is 2.32. The number of carbonyl (C=O) groups excluding carboxylic acids is 1. The molecule has 0 atom stereocenters. The van der Waals surface area contributed by atoms with Crippen LogP contribution < -0.4 is 0 Å². The highest BCUT2D eigenvalue weighted by molar-refractivity contribution is 6.01. The summed E-state index contributed by atoms with van der Waals surface area (Å²) in [4.78, 5) is 11.9. The Morgan fingerprint density at radius 1 is 1.00 bits per heavy atom. The molecule has 0 N–H and O–H groups in total. The van der Waals surface area contributed by atoms with E-state index < -0.39 is 0 Å². The molecule has 0 radical (unpaired) electrons. The fourth-order valence-corrected chi connectivity index (χ4v) is 2.32. The second kappa shape index (κ2) is 4.15. The molecule has 3 aromatic rings. The van der Waals surface area contributed by atoms with Crippen molar-refractivity contribution in [1.82, 2.24) is 4.40 Å². The van der Waals surface area contributed by atoms with Crippen LogP contribution in [-0.4, -0.2) is 10.2 Å². The molecule has 2 nitrogen and oxygen atoms in total. The molecule has 18 heavy (non-hydrogen) atoms. The number of nitrogens with zero attached hydrogens (tertiary/aromatic N) is 1. The van der Waals surface area contributed by atoms with Gasteiger partial charge < -0.3 is 4.40 Å². The zero-order chi connectivity index (χ0) is 12.5. The van der Waals surface area contributed by atoms with Crippen LogP contribution in [0.1, 0.15) is 17.4 Å². The Hall–Kier alpha value is -2.35. The van der Waals surface area contributed by atoms with Crippen molar-refractivity contribution in [2.75, 3.05) is 0 Å². The first-order chi connectivity index (χ1) is 8.77. The smallest absolute Gasteiger partial charge is 0.177 e. The number of carbonyl (C=O) groups is 1. The number of rotatable bonds is 2. The van der Waals surface area contributed by atoms with Gasteiger partial charge in [0, 0.05) is 24.2 Å². The summed E-state index contributed by atoms with van der Waals surface area (Å²) in [6.07, 6.45) is 1.93. The van der Waals surface area contributed by atoms with E-state index in [-0.39, 0.29) is 5.78 Å². The summed E-state index contributed by atoms with van der Waals surface area (Å²) in [5, 5.41) is 0. The fraction of sp³-hybridized carbons (Fsp3) is 0.0625. The van der Waals surface area contributed by atoms with Crippen molar-refractivity contribution in [1.29, 1.82) is 0 Å². The van der Waals surface area contributed by atoms with Gasteiger partial charge in [0.2, 0.25) is 0 Å². The highest BCUT2D eigenvalue weighted by Gasteiger charge is 2.14. The maximum atomic E-state index is 11.9. The zero-order valence-electron chi connectivity index (χ0n) is 10.1. The van der Waals surface area contributed by atoms with E-state index in [0.717, 1.165) is 22.3 Å². The third-order valence-electron chi connectivity index (χ3n) is 3.10. The Kier molecular flexibility index (Phi) is 2.49. The number of aromatic nitrogens is 1. The molecule has 0 aliphatic carbocycles. The topological polar surface area (TPSA) is 21.5 Å². The van der Waals surface area contributed by atoms with Crippen molar-refractivity contribution in [2.45, 2.75) is 6.92 Å². The van der Waals surface area contributed by atoms with Crippen LogP contribution in [0, 0.1) is 0 Å². The predicted molar refractivity (Wildman–Crippen MR) is 72.8 cm³/mol. The maximum Gasteiger partial charge on any atom is 0.177 e. The Balaban J connectivity index is 2.36. The molecule has 0 fully saturated rings. The van der Waals surface area contributed by atoms with Crippen LogP contribution in [0.15, 0.2) is 60.8 Å². The van der Waals surface area contributed by atoms with Crippen molar-refractivity contribution in [3.8, 4) is 11.1 Å². The Labute approximate surface area is 105 Å². The van der Waals surface area contributed by atoms with Crippen LogP contribution in [0.5, 0.6) is 0 Å². The quantitative estimate of drug-likeness (QED) is 0.619. The summed E-state index contributed by atoms with van der Waals surface area (Å²) >= 11 is 0. The molecule has 0 unspecified atom stereocenters. The van der Waals surface area contributed by atoms with Crippen LogP contribution in [-0.2, 0) is 0 Å². The lowest BCUT2D eigenvalue weighted by Crippen LogP contribution is -1.99. The molecule has 0 saturated carbocycles. The number of hydrogen-bond acceptors (Lipinski definition) is 1. The molecular formula is C16H13NO. The minimum atomic E-state index is 0.0834. The van der Waals surface area contributed by atoms with Crippen LogP contribution in [0.4, 0.5) is 0 Å². The molecule has 0 aliphatic rings. The average Bonchev–Trinajstić information content (AvgIpc) is 2.79. The standard InChI is InChI=1S/C16H13NO/c1-12(18)16-15(13-7-3-2-4-8-13)11-14-9-5-6-10-17(14)16/h2-11H,1H3.